The van der Waals surface area contributed by atoms with Crippen LogP contribution in [0.4, 0.5) is 0 Å². The van der Waals surface area contributed by atoms with Gasteiger partial charge in [0.25, 0.3) is 0 Å². The molecule has 0 heterocycles. The third-order valence-corrected chi connectivity index (χ3v) is 33.5. The predicted octanol–water partition coefficient (Wildman–Crippen LogP) is 35.3. The molecular formula is C103H194. The van der Waals surface area contributed by atoms with Crippen LogP contribution in [-0.4, -0.2) is 0 Å². The van der Waals surface area contributed by atoms with Crippen LogP contribution in [0, 0.1) is 141 Å². The van der Waals surface area contributed by atoms with Crippen LogP contribution in [-0.2, 0) is 0 Å². The van der Waals surface area contributed by atoms with Crippen LogP contribution in [0.2, 0.25) is 0 Å². The minimum atomic E-state index is 0.507. The largest absolute Gasteiger partial charge is 0.0882 e. The summed E-state index contributed by atoms with van der Waals surface area (Å²) < 4.78 is 0. The van der Waals surface area contributed by atoms with Gasteiger partial charge in [0, 0.05) is 0 Å². The molecule has 606 valence electrons. The van der Waals surface area contributed by atoms with E-state index < -0.39 is 0 Å². The molecule has 0 aromatic carbocycles. The van der Waals surface area contributed by atoms with Gasteiger partial charge in [0.05, 0.1) is 0 Å². The quantitative estimate of drug-likeness (QED) is 0.0421. The van der Waals surface area contributed by atoms with Crippen molar-refractivity contribution in [1.29, 1.82) is 0 Å². The van der Waals surface area contributed by atoms with Gasteiger partial charge in [-0.15, -0.1) is 0 Å². The van der Waals surface area contributed by atoms with Crippen LogP contribution < -0.4 is 0 Å². The fraction of sp³-hybridized carbons (Fsp3) is 0.981. The molecule has 0 aromatic heterocycles. The Morgan fingerprint density at radius 3 is 1.03 bits per heavy atom. The molecule has 0 saturated heterocycles. The zero-order valence-corrected chi connectivity index (χ0v) is 74.2. The fourth-order valence-electron chi connectivity index (χ4n) is 25.9. The Labute approximate surface area is 651 Å². The summed E-state index contributed by atoms with van der Waals surface area (Å²) in [6.45, 7) is 43.6. The van der Waals surface area contributed by atoms with E-state index in [1.165, 1.54) is 334 Å². The molecule has 0 nitrogen and oxygen atoms in total. The predicted molar refractivity (Wildman–Crippen MR) is 463 cm³/mol. The number of rotatable bonds is 66. The minimum Gasteiger partial charge on any atom is -0.0882 e. The highest BCUT2D eigenvalue weighted by molar-refractivity contribution is 5.20. The van der Waals surface area contributed by atoms with E-state index in [0.29, 0.717) is 10.8 Å². The van der Waals surface area contributed by atoms with E-state index in [4.69, 9.17) is 0 Å². The van der Waals surface area contributed by atoms with Gasteiger partial charge in [-0.3, -0.25) is 0 Å². The molecule has 6 bridgehead atoms. The second kappa shape index (κ2) is 51.4. The lowest BCUT2D eigenvalue weighted by atomic mass is 9.59. The summed E-state index contributed by atoms with van der Waals surface area (Å²) in [5.74, 6) is 21.4. The summed E-state index contributed by atoms with van der Waals surface area (Å²) in [5, 5.41) is 0. The number of allylic oxidation sites excluding steroid dienone is 2. The van der Waals surface area contributed by atoms with E-state index in [1.54, 1.807) is 51.4 Å². The van der Waals surface area contributed by atoms with Crippen LogP contribution in [0.1, 0.15) is 503 Å². The van der Waals surface area contributed by atoms with Gasteiger partial charge in [-0.05, 0) is 251 Å². The molecule has 0 amide bonds. The van der Waals surface area contributed by atoms with E-state index in [0.717, 1.165) is 130 Å². The first-order chi connectivity index (χ1) is 49.8. The lowest BCUT2D eigenvalue weighted by Crippen LogP contribution is -2.38. The molecule has 6 saturated carbocycles. The van der Waals surface area contributed by atoms with Crippen LogP contribution in [0.25, 0.3) is 0 Å². The number of hydrogen-bond acceptors (Lipinski definition) is 0. The molecule has 0 spiro atoms. The molecule has 23 unspecified atom stereocenters. The highest BCUT2D eigenvalue weighted by atomic mass is 14.6. The minimum absolute atomic E-state index is 0.507. The molecule has 0 radical (unpaired) electrons. The summed E-state index contributed by atoms with van der Waals surface area (Å²) in [7, 11) is 0. The molecule has 6 fully saturated rings. The van der Waals surface area contributed by atoms with Crippen molar-refractivity contribution in [1.82, 2.24) is 0 Å². The fourth-order valence-corrected chi connectivity index (χ4v) is 25.9. The first-order valence-electron chi connectivity index (χ1n) is 49.5. The monoisotopic (exact) mass is 1430 g/mol. The van der Waals surface area contributed by atoms with E-state index in [-0.39, 0.29) is 0 Å². The smallest absolute Gasteiger partial charge is 0.0169 e. The van der Waals surface area contributed by atoms with Crippen molar-refractivity contribution in [3.05, 3.63) is 11.6 Å². The van der Waals surface area contributed by atoms with Gasteiger partial charge in [0.1, 0.15) is 0 Å². The van der Waals surface area contributed by atoms with Crippen LogP contribution in [0.15, 0.2) is 11.6 Å². The average molecular weight is 1430 g/mol. The zero-order chi connectivity index (χ0) is 74.4. The highest BCUT2D eigenvalue weighted by Gasteiger charge is 2.57. The molecule has 23 atom stereocenters. The van der Waals surface area contributed by atoms with Crippen molar-refractivity contribution in [2.24, 2.45) is 141 Å². The van der Waals surface area contributed by atoms with Crippen molar-refractivity contribution >= 4 is 0 Å². The van der Waals surface area contributed by atoms with Gasteiger partial charge in [0.15, 0.2) is 0 Å². The molecule has 6 aliphatic carbocycles. The maximum atomic E-state index is 2.88. The Balaban J connectivity index is 0.994. The maximum Gasteiger partial charge on any atom is -0.0169 e. The molecule has 6 rings (SSSR count). The second-order valence-corrected chi connectivity index (χ2v) is 41.9. The van der Waals surface area contributed by atoms with Crippen molar-refractivity contribution in [2.45, 2.75) is 503 Å². The molecular weight excluding hydrogens is 1240 g/mol. The lowest BCUT2D eigenvalue weighted by molar-refractivity contribution is 0.0320. The molecule has 0 aromatic rings. The summed E-state index contributed by atoms with van der Waals surface area (Å²) in [6.07, 6.45) is 91.6. The average Bonchev–Trinajstić information content (AvgIpc) is 1.62. The normalized spacial score (nSPS) is 29.5. The van der Waals surface area contributed by atoms with Gasteiger partial charge < -0.3 is 0 Å². The second-order valence-electron chi connectivity index (χ2n) is 41.9. The van der Waals surface area contributed by atoms with Crippen molar-refractivity contribution in [3.63, 3.8) is 0 Å². The zero-order valence-electron chi connectivity index (χ0n) is 74.2. The highest BCUT2D eigenvalue weighted by Crippen LogP contribution is 2.65. The van der Waals surface area contributed by atoms with Gasteiger partial charge >= 0.3 is 0 Å². The van der Waals surface area contributed by atoms with E-state index in [2.05, 4.69) is 124 Å². The summed E-state index contributed by atoms with van der Waals surface area (Å²) in [6, 6.07) is 0. The SMILES string of the molecule is C/C=C1\CC2CC1C(CCCCCC(C)(CCCCCCCCC(C)CC)C(C)C1CC3CC1C(CCCCCC(C)CCCC)C3CCC(C)CCCCCCCCC(C)(CCCCC)C(C)C1CC3CC1C(CCCCCC(C)CCCC)C3CCC(C)CCCCCCC)C2CCC(C)C. The van der Waals surface area contributed by atoms with Gasteiger partial charge in [-0.2, -0.15) is 0 Å². The Bertz CT molecular complexity index is 2090. The third-order valence-electron chi connectivity index (χ3n) is 33.5. The first-order valence-corrected chi connectivity index (χ1v) is 49.5. The molecule has 103 heavy (non-hydrogen) atoms. The standard InChI is InChI=1S/C103H194/c1-18-24-28-33-42-58-83(12)64-67-92-89-74-97(100(77-89)95(92)61-46-38-44-56-81(10)53-26-20-3)85(14)102(16,69-49-25-19-2)70-50-37-32-30-35-43-59-84(13)65-68-93-90-75-98(101(78-90)96(93)62-47-39-45-57-82(11)54-27-21-4)86(15)103(17,71-51-36-31-29-34-41-55-80(9)22-5)72-52-40-48-60-94-91(66-63-79(7)8)88-73-87(23-6)99(94)76-88/h23,79-86,88-101H,18-22,24-78H2,1-17H3/b87-23+. The van der Waals surface area contributed by atoms with Crippen molar-refractivity contribution in [3.8, 4) is 0 Å². The Hall–Kier alpha value is -0.260. The van der Waals surface area contributed by atoms with Gasteiger partial charge in [-0.1, -0.05) is 405 Å². The first kappa shape index (κ1) is 91.6. The number of hydrogen-bond donors (Lipinski definition) is 0. The molecule has 0 aliphatic heterocycles. The van der Waals surface area contributed by atoms with Gasteiger partial charge in [0.2, 0.25) is 0 Å². The Morgan fingerprint density at radius 2 is 0.621 bits per heavy atom. The Morgan fingerprint density at radius 1 is 0.301 bits per heavy atom. The molecule has 0 N–H and O–H groups in total. The number of fused-ring (bicyclic) bond motifs is 6. The molecule has 6 aliphatic rings. The summed E-state index contributed by atoms with van der Waals surface area (Å²) in [5.41, 5.74) is 2.89. The Kier molecular flexibility index (Phi) is 45.7. The van der Waals surface area contributed by atoms with E-state index in [1.807, 2.05) is 5.57 Å². The lowest BCUT2D eigenvalue weighted by Gasteiger charge is -2.46. The molecule has 0 heteroatoms. The van der Waals surface area contributed by atoms with Crippen LogP contribution in [0.5, 0.6) is 0 Å². The van der Waals surface area contributed by atoms with E-state index in [9.17, 15) is 0 Å². The number of unbranched alkanes of at least 4 members (excludes halogenated alkanes) is 24. The van der Waals surface area contributed by atoms with Crippen LogP contribution >= 0.6 is 0 Å². The van der Waals surface area contributed by atoms with Crippen molar-refractivity contribution < 1.29 is 0 Å². The van der Waals surface area contributed by atoms with Crippen molar-refractivity contribution in [2.75, 3.05) is 0 Å². The van der Waals surface area contributed by atoms with Crippen LogP contribution in [0.3, 0.4) is 0 Å². The summed E-state index contributed by atoms with van der Waals surface area (Å²) >= 11 is 0. The summed E-state index contributed by atoms with van der Waals surface area (Å²) in [4.78, 5) is 0. The third kappa shape index (κ3) is 31.0. The topological polar surface area (TPSA) is 0 Å². The maximum absolute atomic E-state index is 2.88. The van der Waals surface area contributed by atoms with Gasteiger partial charge in [-0.25, -0.2) is 0 Å². The van der Waals surface area contributed by atoms with E-state index >= 15 is 0 Å².